The van der Waals surface area contributed by atoms with Crippen molar-refractivity contribution in [2.24, 2.45) is 0 Å². The van der Waals surface area contributed by atoms with Crippen molar-refractivity contribution < 1.29 is 23.6 Å². The van der Waals surface area contributed by atoms with Crippen molar-refractivity contribution >= 4 is 63.3 Å². The highest BCUT2D eigenvalue weighted by atomic mass is 32.2. The molecular weight excluding hydrogens is 565 g/mol. The second kappa shape index (κ2) is 12.1. The summed E-state index contributed by atoms with van der Waals surface area (Å²) in [5, 5.41) is 14.4. The maximum atomic E-state index is 13.3. The molecule has 8 nitrogen and oxygen atoms in total. The summed E-state index contributed by atoms with van der Waals surface area (Å²) >= 11 is 6.50. The molecule has 2 amide bonds. The summed E-state index contributed by atoms with van der Waals surface area (Å²) in [5.41, 5.74) is 2.14. The number of rotatable bonds is 8. The molecule has 0 saturated carbocycles. The minimum absolute atomic E-state index is 0.110. The summed E-state index contributed by atoms with van der Waals surface area (Å²) in [7, 11) is 0. The molecular formula is C30H20FN3O5S2. The fourth-order valence-corrected chi connectivity index (χ4v) is 5.29. The Kier molecular flexibility index (Phi) is 8.18. The molecule has 0 atom stereocenters. The number of amides is 2. The van der Waals surface area contributed by atoms with E-state index in [2.05, 4.69) is 5.32 Å². The molecule has 0 unspecified atom stereocenters. The maximum Gasteiger partial charge on any atom is 0.311 e. The number of nitrogens with zero attached hydrogens (tertiary/aromatic N) is 2. The quantitative estimate of drug-likeness (QED) is 0.103. The Labute approximate surface area is 243 Å². The summed E-state index contributed by atoms with van der Waals surface area (Å²) in [5.74, 6) is -1.18. The van der Waals surface area contributed by atoms with Gasteiger partial charge in [0, 0.05) is 17.3 Å². The van der Waals surface area contributed by atoms with Crippen LogP contribution in [0.25, 0.3) is 6.08 Å². The number of benzene rings is 4. The van der Waals surface area contributed by atoms with E-state index in [4.69, 9.17) is 17.0 Å². The summed E-state index contributed by atoms with van der Waals surface area (Å²) in [4.78, 5) is 38.9. The number of nitrogens with one attached hydrogen (secondary N) is 1. The van der Waals surface area contributed by atoms with Crippen LogP contribution in [0, 0.1) is 15.9 Å². The SMILES string of the molecule is O=C(Nc1ccc(F)cc1)c1cccc(N2C(=O)/C(=C\c3ccc(OCc4ccccc4)c([N+](=O)[O-])c3)SC2=S)c1. The molecule has 11 heteroatoms. The normalized spacial score (nSPS) is 13.9. The second-order valence-corrected chi connectivity index (χ2v) is 10.5. The molecule has 4 aromatic rings. The molecule has 1 heterocycles. The predicted octanol–water partition coefficient (Wildman–Crippen LogP) is 6.97. The lowest BCUT2D eigenvalue weighted by molar-refractivity contribution is -0.386. The van der Waals surface area contributed by atoms with Crippen molar-refractivity contribution in [3.63, 3.8) is 0 Å². The summed E-state index contributed by atoms with van der Waals surface area (Å²) in [6.07, 6.45) is 1.53. The van der Waals surface area contributed by atoms with Gasteiger partial charge >= 0.3 is 5.69 Å². The Hall–Kier alpha value is -4.87. The largest absolute Gasteiger partial charge is 0.482 e. The first-order chi connectivity index (χ1) is 19.8. The first kappa shape index (κ1) is 27.7. The standard InChI is InChI=1S/C30H20FN3O5S2/c31-22-10-12-23(13-11-22)32-28(35)21-7-4-8-24(17-21)33-29(36)27(41-30(33)40)16-20-9-14-26(25(15-20)34(37)38)39-18-19-5-2-1-3-6-19/h1-17H,18H2,(H,32,35)/b27-16+. The van der Waals surface area contributed by atoms with E-state index in [1.54, 1.807) is 24.3 Å². The molecule has 1 N–H and O–H groups in total. The van der Waals surface area contributed by atoms with Gasteiger partial charge in [0.05, 0.1) is 15.5 Å². The minimum Gasteiger partial charge on any atom is -0.482 e. The van der Waals surface area contributed by atoms with Crippen molar-refractivity contribution in [3.05, 3.63) is 135 Å². The number of halogens is 1. The van der Waals surface area contributed by atoms with Gasteiger partial charge in [0.15, 0.2) is 10.1 Å². The zero-order valence-corrected chi connectivity index (χ0v) is 22.8. The van der Waals surface area contributed by atoms with Crippen LogP contribution in [0.5, 0.6) is 5.75 Å². The van der Waals surface area contributed by atoms with Gasteiger partial charge in [0.2, 0.25) is 0 Å². The van der Waals surface area contributed by atoms with Crippen LogP contribution in [0.2, 0.25) is 0 Å². The summed E-state index contributed by atoms with van der Waals surface area (Å²) in [6, 6.07) is 25.5. The molecule has 41 heavy (non-hydrogen) atoms. The van der Waals surface area contributed by atoms with Crippen LogP contribution in [0.3, 0.4) is 0 Å². The summed E-state index contributed by atoms with van der Waals surface area (Å²) < 4.78 is 19.1. The van der Waals surface area contributed by atoms with E-state index in [1.807, 2.05) is 30.3 Å². The Morgan fingerprint density at radius 3 is 2.51 bits per heavy atom. The lowest BCUT2D eigenvalue weighted by atomic mass is 10.1. The van der Waals surface area contributed by atoms with E-state index in [0.717, 1.165) is 17.3 Å². The molecule has 4 aromatic carbocycles. The third kappa shape index (κ3) is 6.48. The fraction of sp³-hybridized carbons (Fsp3) is 0.0333. The predicted molar refractivity (Wildman–Crippen MR) is 160 cm³/mol. The lowest BCUT2D eigenvalue weighted by Gasteiger charge is -2.15. The monoisotopic (exact) mass is 585 g/mol. The molecule has 0 spiro atoms. The van der Waals surface area contributed by atoms with Crippen LogP contribution in [0.1, 0.15) is 21.5 Å². The van der Waals surface area contributed by atoms with E-state index in [0.29, 0.717) is 16.9 Å². The highest BCUT2D eigenvalue weighted by molar-refractivity contribution is 8.27. The lowest BCUT2D eigenvalue weighted by Crippen LogP contribution is -2.27. The molecule has 5 rings (SSSR count). The molecule has 204 valence electrons. The molecule has 1 aliphatic heterocycles. The van der Waals surface area contributed by atoms with E-state index >= 15 is 0 Å². The zero-order valence-electron chi connectivity index (χ0n) is 21.2. The van der Waals surface area contributed by atoms with Crippen molar-refractivity contribution in [2.45, 2.75) is 6.61 Å². The number of carbonyl (C=O) groups is 2. The van der Waals surface area contributed by atoms with Crippen LogP contribution in [-0.2, 0) is 11.4 Å². The van der Waals surface area contributed by atoms with Crippen LogP contribution >= 0.6 is 24.0 Å². The third-order valence-electron chi connectivity index (χ3n) is 5.98. The summed E-state index contributed by atoms with van der Waals surface area (Å²) in [6.45, 7) is 0.167. The smallest absolute Gasteiger partial charge is 0.311 e. The van der Waals surface area contributed by atoms with E-state index in [1.165, 1.54) is 53.4 Å². The van der Waals surface area contributed by atoms with Gasteiger partial charge in [-0.2, -0.15) is 0 Å². The Morgan fingerprint density at radius 2 is 1.78 bits per heavy atom. The van der Waals surface area contributed by atoms with Crippen LogP contribution in [0.4, 0.5) is 21.5 Å². The molecule has 0 bridgehead atoms. The van der Waals surface area contributed by atoms with Gasteiger partial charge in [-0.05, 0) is 65.7 Å². The highest BCUT2D eigenvalue weighted by Gasteiger charge is 2.34. The maximum absolute atomic E-state index is 13.3. The Bertz CT molecular complexity index is 1690. The molecule has 1 fully saturated rings. The first-order valence-electron chi connectivity index (χ1n) is 12.2. The van der Waals surface area contributed by atoms with Gasteiger partial charge < -0.3 is 10.1 Å². The van der Waals surface area contributed by atoms with Crippen LogP contribution in [-0.4, -0.2) is 21.1 Å². The molecule has 0 radical (unpaired) electrons. The minimum atomic E-state index is -0.536. The van der Waals surface area contributed by atoms with Gasteiger partial charge in [0.1, 0.15) is 12.4 Å². The number of nitro groups is 1. The molecule has 0 aromatic heterocycles. The van der Waals surface area contributed by atoms with Crippen LogP contribution < -0.4 is 15.0 Å². The first-order valence-corrected chi connectivity index (χ1v) is 13.4. The molecule has 0 aliphatic carbocycles. The molecule has 1 aliphatic rings. The van der Waals surface area contributed by atoms with E-state index in [-0.39, 0.29) is 32.8 Å². The number of ether oxygens (including phenoxy) is 1. The van der Waals surface area contributed by atoms with E-state index in [9.17, 15) is 24.1 Å². The van der Waals surface area contributed by atoms with Crippen molar-refractivity contribution in [2.75, 3.05) is 10.2 Å². The molecule has 1 saturated heterocycles. The van der Waals surface area contributed by atoms with Gasteiger partial charge in [-0.1, -0.05) is 66.4 Å². The average Bonchev–Trinajstić information content (AvgIpc) is 3.25. The van der Waals surface area contributed by atoms with E-state index < -0.39 is 22.6 Å². The second-order valence-electron chi connectivity index (χ2n) is 8.79. The van der Waals surface area contributed by atoms with Gasteiger partial charge in [-0.3, -0.25) is 24.6 Å². The average molecular weight is 586 g/mol. The number of anilines is 2. The Morgan fingerprint density at radius 1 is 1.02 bits per heavy atom. The number of hydrogen-bond donors (Lipinski definition) is 1. The Balaban J connectivity index is 1.34. The van der Waals surface area contributed by atoms with Crippen molar-refractivity contribution in [3.8, 4) is 5.75 Å². The number of thioether (sulfide) groups is 1. The van der Waals surface area contributed by atoms with Crippen molar-refractivity contribution in [1.82, 2.24) is 0 Å². The highest BCUT2D eigenvalue weighted by Crippen LogP contribution is 2.37. The van der Waals surface area contributed by atoms with Gasteiger partial charge in [0.25, 0.3) is 11.8 Å². The van der Waals surface area contributed by atoms with Gasteiger partial charge in [-0.25, -0.2) is 4.39 Å². The third-order valence-corrected chi connectivity index (χ3v) is 7.28. The van der Waals surface area contributed by atoms with Crippen molar-refractivity contribution in [1.29, 1.82) is 0 Å². The van der Waals surface area contributed by atoms with Gasteiger partial charge in [-0.15, -0.1) is 0 Å². The number of thiocarbonyl (C=S) groups is 1. The fourth-order valence-electron chi connectivity index (χ4n) is 3.99. The topological polar surface area (TPSA) is 102 Å². The zero-order chi connectivity index (χ0) is 28.9. The number of nitro benzene ring substituents is 1. The van der Waals surface area contributed by atoms with Crippen LogP contribution in [0.15, 0.2) is 102 Å². The number of hydrogen-bond acceptors (Lipinski definition) is 7. The number of carbonyl (C=O) groups excluding carboxylic acids is 2.